The number of aryl methyl sites for hydroxylation is 1. The van der Waals surface area contributed by atoms with Crippen LogP contribution in [0.15, 0.2) is 54.9 Å². The zero-order valence-corrected chi connectivity index (χ0v) is 17.6. The summed E-state index contributed by atoms with van der Waals surface area (Å²) in [4.78, 5) is 23.0. The molecule has 9 heteroatoms. The van der Waals surface area contributed by atoms with Crippen molar-refractivity contribution in [2.24, 2.45) is 0 Å². The number of halogens is 1. The summed E-state index contributed by atoms with van der Waals surface area (Å²) in [6.07, 6.45) is 5.28. The predicted octanol–water partition coefficient (Wildman–Crippen LogP) is 4.07. The minimum Gasteiger partial charge on any atom is -0.369 e. The summed E-state index contributed by atoms with van der Waals surface area (Å²) in [7, 11) is 0. The van der Waals surface area contributed by atoms with E-state index < -0.39 is 0 Å². The lowest BCUT2D eigenvalue weighted by Crippen LogP contribution is -2.39. The van der Waals surface area contributed by atoms with E-state index >= 15 is 0 Å². The number of aromatic nitrogens is 2. The standard InChI is InChI=1S/C23H24FN7O/c1-15-10-18(6-8-26-15)28-21-13-27-22(11-16(21)12-25)30-23(32)29-19-7-9-31(14-19)20-4-2-17(24)3-5-20/h2-6,8,10-13,19,25H,7,9,14H2,1H3,(H,26,28)(H2,27,29,30,32)/t19-/m1/s1. The molecule has 8 nitrogen and oxygen atoms in total. The molecule has 32 heavy (non-hydrogen) atoms. The van der Waals surface area contributed by atoms with Crippen molar-refractivity contribution in [3.63, 3.8) is 0 Å². The van der Waals surface area contributed by atoms with E-state index in [0.717, 1.165) is 30.0 Å². The maximum Gasteiger partial charge on any atom is 0.320 e. The second-order valence-electron chi connectivity index (χ2n) is 7.62. The largest absolute Gasteiger partial charge is 0.369 e. The van der Waals surface area contributed by atoms with Crippen LogP contribution in [-0.2, 0) is 0 Å². The van der Waals surface area contributed by atoms with E-state index in [1.54, 1.807) is 30.6 Å². The summed E-state index contributed by atoms with van der Waals surface area (Å²) in [6.45, 7) is 3.32. The minimum atomic E-state index is -0.357. The Hall–Kier alpha value is -4.01. The molecule has 2 amide bonds. The van der Waals surface area contributed by atoms with Crippen LogP contribution < -0.4 is 20.9 Å². The van der Waals surface area contributed by atoms with Gasteiger partial charge >= 0.3 is 6.03 Å². The van der Waals surface area contributed by atoms with Gasteiger partial charge in [0.15, 0.2) is 0 Å². The fraction of sp³-hybridized carbons (Fsp3) is 0.217. The number of rotatable bonds is 6. The van der Waals surface area contributed by atoms with E-state index in [1.807, 2.05) is 19.1 Å². The van der Waals surface area contributed by atoms with Gasteiger partial charge in [0.2, 0.25) is 0 Å². The first kappa shape index (κ1) is 21.2. The van der Waals surface area contributed by atoms with E-state index in [1.165, 1.54) is 18.3 Å². The van der Waals surface area contributed by atoms with Gasteiger partial charge in [0.25, 0.3) is 0 Å². The van der Waals surface area contributed by atoms with Crippen LogP contribution >= 0.6 is 0 Å². The molecule has 1 aromatic carbocycles. The van der Waals surface area contributed by atoms with Gasteiger partial charge in [0, 0.05) is 54.2 Å². The summed E-state index contributed by atoms with van der Waals surface area (Å²) < 4.78 is 13.1. The molecule has 1 fully saturated rings. The summed E-state index contributed by atoms with van der Waals surface area (Å²) in [5.41, 5.74) is 3.89. The molecule has 1 saturated heterocycles. The molecule has 0 unspecified atom stereocenters. The summed E-state index contributed by atoms with van der Waals surface area (Å²) in [5.74, 6) is 0.0850. The quantitative estimate of drug-likeness (QED) is 0.439. The maximum atomic E-state index is 13.1. The Morgan fingerprint density at radius 1 is 1.22 bits per heavy atom. The van der Waals surface area contributed by atoms with Crippen LogP contribution in [0.2, 0.25) is 0 Å². The third-order valence-electron chi connectivity index (χ3n) is 5.22. The Labute approximate surface area is 185 Å². The lowest BCUT2D eigenvalue weighted by molar-refractivity contribution is 0.249. The molecule has 1 aliphatic rings. The highest BCUT2D eigenvalue weighted by Gasteiger charge is 2.24. The fourth-order valence-corrected chi connectivity index (χ4v) is 3.64. The molecular formula is C23H24FN7O. The molecule has 2 aromatic heterocycles. The number of carbonyl (C=O) groups is 1. The molecule has 164 valence electrons. The highest BCUT2D eigenvalue weighted by molar-refractivity contribution is 5.92. The number of benzene rings is 1. The van der Waals surface area contributed by atoms with Crippen molar-refractivity contribution >= 4 is 35.1 Å². The van der Waals surface area contributed by atoms with Gasteiger partial charge < -0.3 is 20.9 Å². The Morgan fingerprint density at radius 3 is 2.78 bits per heavy atom. The van der Waals surface area contributed by atoms with Crippen molar-refractivity contribution in [2.45, 2.75) is 19.4 Å². The van der Waals surface area contributed by atoms with Gasteiger partial charge in [-0.2, -0.15) is 0 Å². The highest BCUT2D eigenvalue weighted by atomic mass is 19.1. The number of nitrogens with zero attached hydrogens (tertiary/aromatic N) is 3. The molecule has 3 heterocycles. The molecule has 0 saturated carbocycles. The summed E-state index contributed by atoms with van der Waals surface area (Å²) in [5, 5.41) is 16.6. The maximum absolute atomic E-state index is 13.1. The number of carbonyl (C=O) groups excluding carboxylic acids is 1. The number of hydrogen-bond acceptors (Lipinski definition) is 6. The van der Waals surface area contributed by atoms with Crippen molar-refractivity contribution < 1.29 is 9.18 Å². The van der Waals surface area contributed by atoms with E-state index in [0.29, 0.717) is 23.6 Å². The van der Waals surface area contributed by atoms with Gasteiger partial charge in [-0.3, -0.25) is 10.3 Å². The van der Waals surface area contributed by atoms with E-state index in [4.69, 9.17) is 5.41 Å². The van der Waals surface area contributed by atoms with Crippen molar-refractivity contribution in [3.8, 4) is 0 Å². The van der Waals surface area contributed by atoms with Crippen LogP contribution in [0, 0.1) is 18.2 Å². The molecule has 0 spiro atoms. The van der Waals surface area contributed by atoms with Gasteiger partial charge in [0.1, 0.15) is 11.6 Å². The highest BCUT2D eigenvalue weighted by Crippen LogP contribution is 2.22. The normalized spacial score (nSPS) is 15.3. The van der Waals surface area contributed by atoms with Crippen LogP contribution in [0.5, 0.6) is 0 Å². The number of anilines is 4. The van der Waals surface area contributed by atoms with Crippen LogP contribution in [0.3, 0.4) is 0 Å². The number of nitrogens with one attached hydrogen (secondary N) is 4. The van der Waals surface area contributed by atoms with Crippen molar-refractivity contribution in [1.82, 2.24) is 15.3 Å². The Morgan fingerprint density at radius 2 is 2.03 bits per heavy atom. The Kier molecular flexibility index (Phi) is 6.25. The van der Waals surface area contributed by atoms with Crippen LogP contribution in [0.1, 0.15) is 17.7 Å². The third-order valence-corrected chi connectivity index (χ3v) is 5.22. The van der Waals surface area contributed by atoms with Crippen LogP contribution in [0.4, 0.5) is 32.1 Å². The SMILES string of the molecule is Cc1cc(Nc2cnc(NC(=O)N[C@@H]3CCN(c4ccc(F)cc4)C3)cc2C=N)ccn1. The smallest absolute Gasteiger partial charge is 0.320 e. The number of hydrogen-bond donors (Lipinski definition) is 4. The van der Waals surface area contributed by atoms with E-state index in [2.05, 4.69) is 30.8 Å². The average molecular weight is 433 g/mol. The lowest BCUT2D eigenvalue weighted by atomic mass is 10.2. The second kappa shape index (κ2) is 9.42. The molecule has 1 atom stereocenters. The zero-order valence-electron chi connectivity index (χ0n) is 17.6. The number of pyridine rings is 2. The molecule has 0 radical (unpaired) electrons. The molecule has 0 bridgehead atoms. The Bertz CT molecular complexity index is 1120. The predicted molar refractivity (Wildman–Crippen MR) is 124 cm³/mol. The molecule has 3 aromatic rings. The van der Waals surface area contributed by atoms with Gasteiger partial charge in [-0.25, -0.2) is 14.2 Å². The van der Waals surface area contributed by atoms with Gasteiger partial charge in [0.05, 0.1) is 11.9 Å². The summed E-state index contributed by atoms with van der Waals surface area (Å²) >= 11 is 0. The van der Waals surface area contributed by atoms with Crippen LogP contribution in [-0.4, -0.2) is 41.3 Å². The first-order valence-electron chi connectivity index (χ1n) is 10.3. The van der Waals surface area contributed by atoms with Gasteiger partial charge in [-0.05, 0) is 55.8 Å². The average Bonchev–Trinajstić information content (AvgIpc) is 3.23. The van der Waals surface area contributed by atoms with E-state index in [-0.39, 0.29) is 17.9 Å². The first-order chi connectivity index (χ1) is 15.5. The molecule has 4 rings (SSSR count). The van der Waals surface area contributed by atoms with Crippen molar-refractivity contribution in [1.29, 1.82) is 5.41 Å². The Balaban J connectivity index is 1.35. The topological polar surface area (TPSA) is 106 Å². The van der Waals surface area contributed by atoms with Crippen LogP contribution in [0.25, 0.3) is 0 Å². The second-order valence-corrected chi connectivity index (χ2v) is 7.62. The van der Waals surface area contributed by atoms with Gasteiger partial charge in [-0.15, -0.1) is 0 Å². The van der Waals surface area contributed by atoms with Crippen molar-refractivity contribution in [3.05, 3.63) is 71.9 Å². The van der Waals surface area contributed by atoms with Gasteiger partial charge in [-0.1, -0.05) is 0 Å². The zero-order chi connectivity index (χ0) is 22.5. The molecular weight excluding hydrogens is 409 g/mol. The molecule has 4 N–H and O–H groups in total. The number of amides is 2. The fourth-order valence-electron chi connectivity index (χ4n) is 3.64. The minimum absolute atomic E-state index is 0.0295. The van der Waals surface area contributed by atoms with Crippen molar-refractivity contribution in [2.75, 3.05) is 28.6 Å². The molecule has 0 aliphatic carbocycles. The van der Waals surface area contributed by atoms with E-state index in [9.17, 15) is 9.18 Å². The number of urea groups is 1. The lowest BCUT2D eigenvalue weighted by Gasteiger charge is -2.19. The summed E-state index contributed by atoms with van der Waals surface area (Å²) in [6, 6.07) is 11.3. The molecule has 1 aliphatic heterocycles. The monoisotopic (exact) mass is 433 g/mol. The third kappa shape index (κ3) is 5.18. The first-order valence-corrected chi connectivity index (χ1v) is 10.3.